The number of halogens is 1. The van der Waals surface area contributed by atoms with Gasteiger partial charge in [0.2, 0.25) is 0 Å². The monoisotopic (exact) mass is 204 g/mol. The average Bonchev–Trinajstić information content (AvgIpc) is 2.17. The van der Waals surface area contributed by atoms with Crippen molar-refractivity contribution in [3.63, 3.8) is 0 Å². The molecular formula is C13H15FN+. The second-order valence-electron chi connectivity index (χ2n) is 4.62. The molecule has 0 atom stereocenters. The van der Waals surface area contributed by atoms with Crippen molar-refractivity contribution < 1.29 is 4.39 Å². The van der Waals surface area contributed by atoms with Crippen LogP contribution in [-0.2, 0) is 0 Å². The summed E-state index contributed by atoms with van der Waals surface area (Å²) >= 11 is 0. The van der Waals surface area contributed by atoms with Crippen LogP contribution in [0.15, 0.2) is 36.4 Å². The van der Waals surface area contributed by atoms with Crippen LogP contribution in [0, 0.1) is 5.82 Å². The smallest absolute Gasteiger partial charge is 0.140 e. The molecule has 2 rings (SSSR count). The first-order valence-corrected chi connectivity index (χ1v) is 4.99. The van der Waals surface area contributed by atoms with E-state index in [1.165, 1.54) is 0 Å². The van der Waals surface area contributed by atoms with E-state index in [1.54, 1.807) is 6.07 Å². The molecule has 0 unspecified atom stereocenters. The average molecular weight is 204 g/mol. The van der Waals surface area contributed by atoms with Crippen LogP contribution in [0.3, 0.4) is 0 Å². The Kier molecular flexibility index (Phi) is 2.24. The van der Waals surface area contributed by atoms with Gasteiger partial charge in [-0.2, -0.15) is 0 Å². The minimum Gasteiger partial charge on any atom is -0.298 e. The molecule has 1 nitrogen and oxygen atoms in total. The zero-order valence-electron chi connectivity index (χ0n) is 9.29. The van der Waals surface area contributed by atoms with Crippen LogP contribution in [-0.4, -0.2) is 21.1 Å². The summed E-state index contributed by atoms with van der Waals surface area (Å²) in [5, 5.41) is 1.69. The molecule has 0 aliphatic heterocycles. The lowest BCUT2D eigenvalue weighted by Gasteiger charge is -2.25. The van der Waals surface area contributed by atoms with Crippen molar-refractivity contribution in [2.45, 2.75) is 0 Å². The van der Waals surface area contributed by atoms with E-state index in [1.807, 2.05) is 30.3 Å². The molecule has 0 heterocycles. The number of fused-ring (bicyclic) bond motifs is 1. The van der Waals surface area contributed by atoms with Gasteiger partial charge in [-0.25, -0.2) is 4.39 Å². The number of hydrogen-bond acceptors (Lipinski definition) is 0. The first-order chi connectivity index (χ1) is 7.00. The molecule has 0 bridgehead atoms. The summed E-state index contributed by atoms with van der Waals surface area (Å²) in [6, 6.07) is 11.0. The van der Waals surface area contributed by atoms with Gasteiger partial charge in [-0.05, 0) is 12.1 Å². The first kappa shape index (κ1) is 10.1. The lowest BCUT2D eigenvalue weighted by Crippen LogP contribution is -2.34. The number of benzene rings is 2. The Balaban J connectivity index is 2.84. The van der Waals surface area contributed by atoms with Gasteiger partial charge in [0, 0.05) is 16.8 Å². The Labute approximate surface area is 89.3 Å². The summed E-state index contributed by atoms with van der Waals surface area (Å²) in [6.07, 6.45) is 0. The SMILES string of the molecule is C[N+](C)(C)c1ccc(F)c2ccccc12. The molecule has 0 saturated carbocycles. The zero-order valence-corrected chi connectivity index (χ0v) is 9.29. The Morgan fingerprint density at radius 2 is 1.47 bits per heavy atom. The summed E-state index contributed by atoms with van der Waals surface area (Å²) in [5.41, 5.74) is 1.13. The molecule has 0 radical (unpaired) electrons. The van der Waals surface area contributed by atoms with E-state index in [-0.39, 0.29) is 5.82 Å². The van der Waals surface area contributed by atoms with Gasteiger partial charge in [0.1, 0.15) is 11.5 Å². The molecule has 2 heteroatoms. The first-order valence-electron chi connectivity index (χ1n) is 4.99. The Hall–Kier alpha value is -1.41. The van der Waals surface area contributed by atoms with Crippen LogP contribution in [0.1, 0.15) is 0 Å². The maximum atomic E-state index is 13.5. The third-order valence-corrected chi connectivity index (χ3v) is 2.57. The van der Waals surface area contributed by atoms with E-state index >= 15 is 0 Å². The number of quaternary nitrogens is 1. The summed E-state index contributed by atoms with van der Waals surface area (Å²) in [6.45, 7) is 0. The largest absolute Gasteiger partial charge is 0.298 e. The highest BCUT2D eigenvalue weighted by Crippen LogP contribution is 2.29. The van der Waals surface area contributed by atoms with Crippen LogP contribution in [0.4, 0.5) is 10.1 Å². The van der Waals surface area contributed by atoms with E-state index in [4.69, 9.17) is 0 Å². The highest BCUT2D eigenvalue weighted by molar-refractivity contribution is 5.93. The van der Waals surface area contributed by atoms with Crippen molar-refractivity contribution in [3.8, 4) is 0 Å². The van der Waals surface area contributed by atoms with Gasteiger partial charge in [0.25, 0.3) is 0 Å². The molecule has 0 aliphatic rings. The molecule has 0 N–H and O–H groups in total. The maximum absolute atomic E-state index is 13.5. The van der Waals surface area contributed by atoms with Gasteiger partial charge in [-0.15, -0.1) is 0 Å². The number of nitrogens with zero attached hydrogens (tertiary/aromatic N) is 1. The maximum Gasteiger partial charge on any atom is 0.140 e. The van der Waals surface area contributed by atoms with E-state index < -0.39 is 0 Å². The van der Waals surface area contributed by atoms with Gasteiger partial charge in [0.05, 0.1) is 21.1 Å². The predicted octanol–water partition coefficient (Wildman–Crippen LogP) is 3.18. The van der Waals surface area contributed by atoms with Gasteiger partial charge < -0.3 is 0 Å². The Morgan fingerprint density at radius 1 is 0.867 bits per heavy atom. The minimum atomic E-state index is -0.150. The van der Waals surface area contributed by atoms with E-state index in [9.17, 15) is 4.39 Å². The van der Waals surface area contributed by atoms with E-state index in [0.717, 1.165) is 11.1 Å². The fraction of sp³-hybridized carbons (Fsp3) is 0.231. The quantitative estimate of drug-likeness (QED) is 0.626. The third kappa shape index (κ3) is 1.73. The molecule has 0 aromatic heterocycles. The molecule has 2 aromatic rings. The summed E-state index contributed by atoms with van der Waals surface area (Å²) in [5.74, 6) is -0.150. The van der Waals surface area contributed by atoms with Crippen LogP contribution >= 0.6 is 0 Å². The number of rotatable bonds is 1. The van der Waals surface area contributed by atoms with Crippen molar-refractivity contribution in [1.82, 2.24) is 4.48 Å². The molecule has 0 spiro atoms. The summed E-state index contributed by atoms with van der Waals surface area (Å²) < 4.78 is 14.2. The van der Waals surface area contributed by atoms with Crippen LogP contribution in [0.2, 0.25) is 0 Å². The van der Waals surface area contributed by atoms with E-state index in [0.29, 0.717) is 9.87 Å². The third-order valence-electron chi connectivity index (χ3n) is 2.57. The second-order valence-corrected chi connectivity index (χ2v) is 4.62. The molecule has 0 fully saturated rings. The minimum absolute atomic E-state index is 0.150. The Morgan fingerprint density at radius 3 is 2.07 bits per heavy atom. The molecule has 0 amide bonds. The topological polar surface area (TPSA) is 0 Å². The lowest BCUT2D eigenvalue weighted by molar-refractivity contribution is 0.489. The van der Waals surface area contributed by atoms with Gasteiger partial charge in [-0.3, -0.25) is 4.48 Å². The zero-order chi connectivity index (χ0) is 11.1. The van der Waals surface area contributed by atoms with Gasteiger partial charge >= 0.3 is 0 Å². The van der Waals surface area contributed by atoms with Crippen molar-refractivity contribution >= 4 is 16.5 Å². The van der Waals surface area contributed by atoms with Crippen molar-refractivity contribution in [1.29, 1.82) is 0 Å². The second kappa shape index (κ2) is 3.31. The molecule has 15 heavy (non-hydrogen) atoms. The summed E-state index contributed by atoms with van der Waals surface area (Å²) in [7, 11) is 6.25. The highest BCUT2D eigenvalue weighted by atomic mass is 19.1. The normalized spacial score (nSPS) is 12.0. The summed E-state index contributed by atoms with van der Waals surface area (Å²) in [4.78, 5) is 0. The fourth-order valence-corrected chi connectivity index (χ4v) is 1.83. The van der Waals surface area contributed by atoms with Crippen molar-refractivity contribution in [2.75, 3.05) is 21.1 Å². The van der Waals surface area contributed by atoms with E-state index in [2.05, 4.69) is 21.1 Å². The molecule has 2 aromatic carbocycles. The Bertz CT molecular complexity index is 497. The lowest BCUT2D eigenvalue weighted by atomic mass is 10.1. The molecule has 0 saturated heterocycles. The van der Waals surface area contributed by atoms with Gasteiger partial charge in [-0.1, -0.05) is 18.2 Å². The standard InChI is InChI=1S/C13H15FN/c1-15(2,3)13-9-8-12(14)10-6-4-5-7-11(10)13/h4-9H,1-3H3/q+1. The van der Waals surface area contributed by atoms with Crippen molar-refractivity contribution in [3.05, 3.63) is 42.2 Å². The number of hydrogen-bond donors (Lipinski definition) is 0. The van der Waals surface area contributed by atoms with Crippen molar-refractivity contribution in [2.24, 2.45) is 0 Å². The molecule has 0 aliphatic carbocycles. The molecular weight excluding hydrogens is 189 g/mol. The molecule has 78 valence electrons. The van der Waals surface area contributed by atoms with Crippen LogP contribution in [0.5, 0.6) is 0 Å². The fourth-order valence-electron chi connectivity index (χ4n) is 1.83. The van der Waals surface area contributed by atoms with Gasteiger partial charge in [0.15, 0.2) is 0 Å². The predicted molar refractivity (Wildman–Crippen MR) is 63.5 cm³/mol. The highest BCUT2D eigenvalue weighted by Gasteiger charge is 2.17. The van der Waals surface area contributed by atoms with Crippen LogP contribution < -0.4 is 4.48 Å². The van der Waals surface area contributed by atoms with Crippen LogP contribution in [0.25, 0.3) is 10.8 Å².